The monoisotopic (exact) mass is 467 g/mol. The number of nitrogens with zero attached hydrogens (tertiary/aromatic N) is 3. The third-order valence-corrected chi connectivity index (χ3v) is 5.69. The van der Waals surface area contributed by atoms with Crippen molar-refractivity contribution < 1.29 is 15.3 Å². The standard InChI is InChI=1S/C25H31N5O3.H2O/c31-22(18-33-23-8-4-6-20(13-23)17-30-10-2-1-3-11-30)16-28-25-27-15-21(24(32)29-25)12-19-7-5-9-26-14-19;/h4-9,13-15,22,31H,1-3,10-12,16-18H2,(H2,27,28,29,32);1H2. The summed E-state index contributed by atoms with van der Waals surface area (Å²) in [4.78, 5) is 25.8. The van der Waals surface area contributed by atoms with E-state index in [0.29, 0.717) is 17.9 Å². The zero-order chi connectivity index (χ0) is 22.9. The summed E-state index contributed by atoms with van der Waals surface area (Å²) in [5.74, 6) is 1.06. The maximum atomic E-state index is 12.3. The summed E-state index contributed by atoms with van der Waals surface area (Å²) in [6, 6.07) is 11.8. The highest BCUT2D eigenvalue weighted by Crippen LogP contribution is 2.18. The van der Waals surface area contributed by atoms with E-state index in [1.807, 2.05) is 30.3 Å². The molecular weight excluding hydrogens is 434 g/mol. The predicted octanol–water partition coefficient (Wildman–Crippen LogP) is 1.77. The number of aliphatic hydroxyl groups excluding tert-OH is 1. The molecular formula is C25H33N5O4. The van der Waals surface area contributed by atoms with Crippen LogP contribution in [0.2, 0.25) is 0 Å². The Hall–Kier alpha value is -3.27. The first-order valence-corrected chi connectivity index (χ1v) is 11.5. The van der Waals surface area contributed by atoms with Gasteiger partial charge in [0.15, 0.2) is 0 Å². The van der Waals surface area contributed by atoms with E-state index in [0.717, 1.165) is 30.9 Å². The van der Waals surface area contributed by atoms with Crippen LogP contribution in [-0.4, -0.2) is 62.8 Å². The molecule has 182 valence electrons. The zero-order valence-electron chi connectivity index (χ0n) is 19.2. The van der Waals surface area contributed by atoms with Gasteiger partial charge in [-0.05, 0) is 55.3 Å². The van der Waals surface area contributed by atoms with E-state index in [1.54, 1.807) is 18.6 Å². The van der Waals surface area contributed by atoms with E-state index in [1.165, 1.54) is 24.8 Å². The number of rotatable bonds is 10. The Morgan fingerprint density at radius 2 is 1.94 bits per heavy atom. The Balaban J connectivity index is 0.00000324. The molecule has 9 nitrogen and oxygen atoms in total. The molecule has 0 amide bonds. The van der Waals surface area contributed by atoms with Crippen molar-refractivity contribution >= 4 is 5.95 Å². The normalized spacial score (nSPS) is 14.7. The van der Waals surface area contributed by atoms with Crippen LogP contribution in [-0.2, 0) is 13.0 Å². The number of pyridine rings is 1. The number of aromatic amines is 1. The van der Waals surface area contributed by atoms with Gasteiger partial charge in [0.05, 0.1) is 0 Å². The van der Waals surface area contributed by atoms with Crippen molar-refractivity contribution in [1.82, 2.24) is 19.9 Å². The lowest BCUT2D eigenvalue weighted by Crippen LogP contribution is -2.29. The highest BCUT2D eigenvalue weighted by Gasteiger charge is 2.12. The number of anilines is 1. The van der Waals surface area contributed by atoms with Crippen molar-refractivity contribution in [3.63, 3.8) is 0 Å². The molecule has 0 spiro atoms. The fourth-order valence-corrected chi connectivity index (χ4v) is 3.93. The Kier molecular flexibility index (Phi) is 9.57. The number of piperidine rings is 1. The average molecular weight is 468 g/mol. The van der Waals surface area contributed by atoms with Crippen LogP contribution in [0.4, 0.5) is 5.95 Å². The number of H-pyrrole nitrogens is 1. The van der Waals surface area contributed by atoms with Gasteiger partial charge in [0.1, 0.15) is 18.5 Å². The average Bonchev–Trinajstić information content (AvgIpc) is 2.84. The number of ether oxygens (including phenoxy) is 1. The van der Waals surface area contributed by atoms with Crippen LogP contribution in [0, 0.1) is 0 Å². The molecule has 1 aromatic carbocycles. The van der Waals surface area contributed by atoms with Crippen molar-refractivity contribution in [2.24, 2.45) is 0 Å². The molecule has 0 radical (unpaired) electrons. The second kappa shape index (κ2) is 12.8. The Bertz CT molecular complexity index is 1070. The van der Waals surface area contributed by atoms with E-state index in [-0.39, 0.29) is 24.2 Å². The van der Waals surface area contributed by atoms with Crippen LogP contribution in [0.25, 0.3) is 0 Å². The molecule has 1 aliphatic heterocycles. The molecule has 2 aromatic heterocycles. The van der Waals surface area contributed by atoms with Crippen molar-refractivity contribution in [1.29, 1.82) is 0 Å². The number of aromatic nitrogens is 3. The second-order valence-corrected chi connectivity index (χ2v) is 8.45. The number of hydrogen-bond acceptors (Lipinski definition) is 7. The van der Waals surface area contributed by atoms with Gasteiger partial charge >= 0.3 is 0 Å². The van der Waals surface area contributed by atoms with E-state index in [2.05, 4.69) is 31.2 Å². The molecule has 1 aliphatic rings. The van der Waals surface area contributed by atoms with Crippen molar-refractivity contribution in [2.45, 2.75) is 38.3 Å². The quantitative estimate of drug-likeness (QED) is 0.413. The Morgan fingerprint density at radius 3 is 2.71 bits per heavy atom. The molecule has 1 fully saturated rings. The summed E-state index contributed by atoms with van der Waals surface area (Å²) in [6.45, 7) is 3.57. The van der Waals surface area contributed by atoms with E-state index in [4.69, 9.17) is 4.74 Å². The minimum atomic E-state index is -0.754. The molecule has 3 aromatic rings. The third kappa shape index (κ3) is 7.65. The van der Waals surface area contributed by atoms with E-state index < -0.39 is 6.10 Å². The maximum Gasteiger partial charge on any atom is 0.255 e. The highest BCUT2D eigenvalue weighted by atomic mass is 16.5. The first-order chi connectivity index (χ1) is 16.2. The summed E-state index contributed by atoms with van der Waals surface area (Å²) in [6.07, 6.45) is 8.53. The van der Waals surface area contributed by atoms with Gasteiger partial charge < -0.3 is 20.6 Å². The van der Waals surface area contributed by atoms with Gasteiger partial charge in [-0.1, -0.05) is 24.6 Å². The molecule has 5 N–H and O–H groups in total. The fraction of sp³-hybridized carbons (Fsp3) is 0.400. The van der Waals surface area contributed by atoms with Gasteiger partial charge in [0.25, 0.3) is 5.56 Å². The number of aliphatic hydroxyl groups is 1. The van der Waals surface area contributed by atoms with Gasteiger partial charge in [0, 0.05) is 43.7 Å². The largest absolute Gasteiger partial charge is 0.491 e. The molecule has 3 heterocycles. The van der Waals surface area contributed by atoms with Gasteiger partial charge in [-0.3, -0.25) is 19.7 Å². The fourth-order valence-electron chi connectivity index (χ4n) is 3.93. The van der Waals surface area contributed by atoms with Crippen molar-refractivity contribution in [2.75, 3.05) is 31.6 Å². The summed E-state index contributed by atoms with van der Waals surface area (Å²) in [5, 5.41) is 13.3. The lowest BCUT2D eigenvalue weighted by Gasteiger charge is -2.26. The summed E-state index contributed by atoms with van der Waals surface area (Å²) < 4.78 is 5.79. The number of hydrogen-bond donors (Lipinski definition) is 3. The summed E-state index contributed by atoms with van der Waals surface area (Å²) in [5.41, 5.74) is 2.50. The summed E-state index contributed by atoms with van der Waals surface area (Å²) in [7, 11) is 0. The SMILES string of the molecule is O.O=c1[nH]c(NCC(O)COc2cccc(CN3CCCCC3)c2)ncc1Cc1cccnc1. The van der Waals surface area contributed by atoms with Gasteiger partial charge in [0.2, 0.25) is 5.95 Å². The number of nitrogens with one attached hydrogen (secondary N) is 2. The lowest BCUT2D eigenvalue weighted by atomic mass is 10.1. The molecule has 9 heteroatoms. The van der Waals surface area contributed by atoms with Crippen molar-refractivity contribution in [3.8, 4) is 5.75 Å². The van der Waals surface area contributed by atoms with Crippen LogP contribution in [0.5, 0.6) is 5.75 Å². The van der Waals surface area contributed by atoms with Crippen LogP contribution in [0.3, 0.4) is 0 Å². The molecule has 34 heavy (non-hydrogen) atoms. The second-order valence-electron chi connectivity index (χ2n) is 8.45. The molecule has 1 saturated heterocycles. The van der Waals surface area contributed by atoms with Crippen LogP contribution in [0.1, 0.15) is 36.0 Å². The first-order valence-electron chi connectivity index (χ1n) is 11.5. The number of likely N-dealkylation sites (tertiary alicyclic amines) is 1. The maximum absolute atomic E-state index is 12.3. The van der Waals surface area contributed by atoms with Gasteiger partial charge in [-0.25, -0.2) is 4.98 Å². The molecule has 0 bridgehead atoms. The highest BCUT2D eigenvalue weighted by molar-refractivity contribution is 5.29. The smallest absolute Gasteiger partial charge is 0.255 e. The molecule has 4 rings (SSSR count). The Labute approximate surface area is 199 Å². The minimum Gasteiger partial charge on any atom is -0.491 e. The zero-order valence-corrected chi connectivity index (χ0v) is 19.2. The molecule has 1 unspecified atom stereocenters. The molecule has 1 atom stereocenters. The third-order valence-electron chi connectivity index (χ3n) is 5.69. The van der Waals surface area contributed by atoms with E-state index >= 15 is 0 Å². The predicted molar refractivity (Wildman–Crippen MR) is 131 cm³/mol. The summed E-state index contributed by atoms with van der Waals surface area (Å²) >= 11 is 0. The lowest BCUT2D eigenvalue weighted by molar-refractivity contribution is 0.117. The Morgan fingerprint density at radius 1 is 1.12 bits per heavy atom. The van der Waals surface area contributed by atoms with Crippen LogP contribution >= 0.6 is 0 Å². The first kappa shape index (κ1) is 25.4. The minimum absolute atomic E-state index is 0. The van der Waals surface area contributed by atoms with Crippen molar-refractivity contribution in [3.05, 3.63) is 82.0 Å². The molecule has 0 aliphatic carbocycles. The van der Waals surface area contributed by atoms with Crippen LogP contribution < -0.4 is 15.6 Å². The van der Waals surface area contributed by atoms with Crippen LogP contribution in [0.15, 0.2) is 59.8 Å². The number of benzene rings is 1. The van der Waals surface area contributed by atoms with E-state index in [9.17, 15) is 9.90 Å². The topological polar surface area (TPSA) is 135 Å². The molecule has 0 saturated carbocycles. The van der Waals surface area contributed by atoms with Gasteiger partial charge in [-0.15, -0.1) is 0 Å². The van der Waals surface area contributed by atoms with Gasteiger partial charge in [-0.2, -0.15) is 0 Å².